The molecule has 0 heterocycles. The molecule has 2 nitrogen and oxygen atoms in total. The van der Waals surface area contributed by atoms with E-state index in [4.69, 9.17) is 0 Å². The van der Waals surface area contributed by atoms with E-state index in [1.165, 1.54) is 0 Å². The lowest BCUT2D eigenvalue weighted by Crippen LogP contribution is -2.20. The topological polar surface area (TPSA) is 34.1 Å². The summed E-state index contributed by atoms with van der Waals surface area (Å²) in [5.41, 5.74) is 3.81. The van der Waals surface area contributed by atoms with Gasteiger partial charge in [0.1, 0.15) is 12.6 Å². The average molecular weight is 286 g/mol. The second-order valence-corrected chi connectivity index (χ2v) is 5.65. The number of carbonyl (C=O) groups excluding carboxylic acids is 2. The Morgan fingerprint density at radius 2 is 1.27 bits per heavy atom. The van der Waals surface area contributed by atoms with Crippen LogP contribution in [0.4, 0.5) is 0 Å². The fourth-order valence-electron chi connectivity index (χ4n) is 3.62. The second-order valence-electron chi connectivity index (χ2n) is 5.65. The van der Waals surface area contributed by atoms with Crippen LogP contribution in [0.2, 0.25) is 0 Å². The van der Waals surface area contributed by atoms with E-state index in [1.807, 2.05) is 60.7 Å². The molecule has 0 fully saturated rings. The molecule has 22 heavy (non-hydrogen) atoms. The van der Waals surface area contributed by atoms with Crippen molar-refractivity contribution in [2.45, 2.75) is 11.8 Å². The van der Waals surface area contributed by atoms with Gasteiger partial charge in [0.15, 0.2) is 0 Å². The summed E-state index contributed by atoms with van der Waals surface area (Å²) in [7, 11) is 0. The lowest BCUT2D eigenvalue weighted by molar-refractivity contribution is -0.109. The van der Waals surface area contributed by atoms with Crippen LogP contribution in [0.3, 0.4) is 0 Å². The van der Waals surface area contributed by atoms with Gasteiger partial charge in [0, 0.05) is 0 Å². The maximum absolute atomic E-state index is 11.8. The van der Waals surface area contributed by atoms with Crippen molar-refractivity contribution in [3.63, 3.8) is 0 Å². The van der Waals surface area contributed by atoms with Gasteiger partial charge in [-0.15, -0.1) is 0 Å². The van der Waals surface area contributed by atoms with Crippen LogP contribution in [-0.4, -0.2) is 12.6 Å². The third kappa shape index (κ3) is 1.67. The van der Waals surface area contributed by atoms with Gasteiger partial charge in [0.2, 0.25) is 0 Å². The third-order valence-electron chi connectivity index (χ3n) is 4.59. The lowest BCUT2D eigenvalue weighted by Gasteiger charge is -2.30. The highest BCUT2D eigenvalue weighted by Crippen LogP contribution is 2.44. The molecule has 1 aliphatic carbocycles. The first-order chi connectivity index (χ1) is 10.8. The molecule has 2 atom stereocenters. The van der Waals surface area contributed by atoms with Crippen LogP contribution in [0, 0.1) is 0 Å². The van der Waals surface area contributed by atoms with Gasteiger partial charge < -0.3 is 9.59 Å². The smallest absolute Gasteiger partial charge is 0.131 e. The van der Waals surface area contributed by atoms with Crippen LogP contribution in [0.25, 0.3) is 10.8 Å². The summed E-state index contributed by atoms with van der Waals surface area (Å²) in [6.07, 6.45) is 1.97. The standard InChI is InChI=1S/C20H14O2/c21-11-18-15-7-3-4-8-16(15)19(12-22)20-14-6-2-1-5-13(14)9-10-17(18)20/h1-12,18-19H/t18-,19-/m0/s1. The van der Waals surface area contributed by atoms with Gasteiger partial charge in [-0.3, -0.25) is 0 Å². The molecule has 106 valence electrons. The molecule has 0 aromatic heterocycles. The summed E-state index contributed by atoms with van der Waals surface area (Å²) < 4.78 is 0. The van der Waals surface area contributed by atoms with Crippen LogP contribution < -0.4 is 0 Å². The highest BCUT2D eigenvalue weighted by atomic mass is 16.1. The molecule has 0 bridgehead atoms. The van der Waals surface area contributed by atoms with Crippen LogP contribution in [-0.2, 0) is 9.59 Å². The summed E-state index contributed by atoms with van der Waals surface area (Å²) in [5.74, 6) is -0.611. The number of hydrogen-bond donors (Lipinski definition) is 0. The summed E-state index contributed by atoms with van der Waals surface area (Å²) in [5, 5.41) is 2.15. The van der Waals surface area contributed by atoms with Crippen molar-refractivity contribution in [2.75, 3.05) is 0 Å². The SMILES string of the molecule is O=C[C@H]1c2ccccc2[C@H](C=O)c2c1ccc1ccccc21. The number of rotatable bonds is 2. The first-order valence-electron chi connectivity index (χ1n) is 7.36. The summed E-state index contributed by atoms with van der Waals surface area (Å²) >= 11 is 0. The molecule has 0 saturated carbocycles. The Morgan fingerprint density at radius 1 is 0.636 bits per heavy atom. The summed E-state index contributed by atoms with van der Waals surface area (Å²) in [4.78, 5) is 23.6. The zero-order valence-corrected chi connectivity index (χ0v) is 11.9. The molecule has 0 amide bonds. The minimum Gasteiger partial charge on any atom is -0.302 e. The van der Waals surface area contributed by atoms with Crippen molar-refractivity contribution in [3.8, 4) is 0 Å². The zero-order valence-electron chi connectivity index (χ0n) is 11.9. The maximum Gasteiger partial charge on any atom is 0.131 e. The minimum atomic E-state index is -0.312. The van der Waals surface area contributed by atoms with Crippen LogP contribution in [0.1, 0.15) is 34.1 Å². The van der Waals surface area contributed by atoms with E-state index in [2.05, 4.69) is 0 Å². The van der Waals surface area contributed by atoms with E-state index >= 15 is 0 Å². The Labute approximate surface area is 128 Å². The molecular weight excluding hydrogens is 272 g/mol. The summed E-state index contributed by atoms with van der Waals surface area (Å²) in [6.45, 7) is 0. The molecule has 2 heteroatoms. The van der Waals surface area contributed by atoms with Crippen molar-refractivity contribution < 1.29 is 9.59 Å². The van der Waals surface area contributed by atoms with Crippen molar-refractivity contribution in [3.05, 3.63) is 82.9 Å². The van der Waals surface area contributed by atoms with Crippen LogP contribution in [0.15, 0.2) is 60.7 Å². The van der Waals surface area contributed by atoms with Crippen LogP contribution >= 0.6 is 0 Å². The van der Waals surface area contributed by atoms with E-state index < -0.39 is 0 Å². The van der Waals surface area contributed by atoms with Crippen LogP contribution in [0.5, 0.6) is 0 Å². The third-order valence-corrected chi connectivity index (χ3v) is 4.59. The van der Waals surface area contributed by atoms with Gasteiger partial charge in [0.25, 0.3) is 0 Å². The van der Waals surface area contributed by atoms with Crippen molar-refractivity contribution >= 4 is 23.3 Å². The summed E-state index contributed by atoms with van der Waals surface area (Å²) in [6, 6.07) is 19.8. The Kier molecular flexibility index (Phi) is 2.90. The Hall–Kier alpha value is -2.74. The normalized spacial score (nSPS) is 19.3. The zero-order chi connectivity index (χ0) is 15.1. The highest BCUT2D eigenvalue weighted by Gasteiger charge is 2.32. The van der Waals surface area contributed by atoms with E-state index in [1.54, 1.807) is 0 Å². The molecule has 0 aliphatic heterocycles. The number of hydrogen-bond acceptors (Lipinski definition) is 2. The van der Waals surface area contributed by atoms with Gasteiger partial charge >= 0.3 is 0 Å². The average Bonchev–Trinajstić information content (AvgIpc) is 2.59. The maximum atomic E-state index is 11.8. The van der Waals surface area contributed by atoms with Gasteiger partial charge in [-0.1, -0.05) is 60.7 Å². The molecule has 0 radical (unpaired) electrons. The van der Waals surface area contributed by atoms with Crippen molar-refractivity contribution in [1.29, 1.82) is 0 Å². The number of benzene rings is 3. The largest absolute Gasteiger partial charge is 0.302 e. The first kappa shape index (κ1) is 13.0. The van der Waals surface area contributed by atoms with Gasteiger partial charge in [-0.05, 0) is 33.0 Å². The Morgan fingerprint density at radius 3 is 2.00 bits per heavy atom. The molecule has 0 saturated heterocycles. The molecule has 0 N–H and O–H groups in total. The fraction of sp³-hybridized carbons (Fsp3) is 0.100. The predicted molar refractivity (Wildman–Crippen MR) is 86.2 cm³/mol. The van der Waals surface area contributed by atoms with E-state index in [9.17, 15) is 9.59 Å². The molecule has 1 aliphatic rings. The number of carbonyl (C=O) groups is 2. The van der Waals surface area contributed by atoms with Crippen molar-refractivity contribution in [2.24, 2.45) is 0 Å². The van der Waals surface area contributed by atoms with Crippen molar-refractivity contribution in [1.82, 2.24) is 0 Å². The Balaban J connectivity index is 2.13. The molecule has 4 rings (SSSR count). The van der Waals surface area contributed by atoms with E-state index in [0.717, 1.165) is 45.6 Å². The minimum absolute atomic E-state index is 0.299. The number of fused-ring (bicyclic) bond motifs is 4. The predicted octanol–water partition coefficient (Wildman–Crippen LogP) is 3.81. The molecule has 3 aromatic carbocycles. The molecule has 3 aromatic rings. The fourth-order valence-corrected chi connectivity index (χ4v) is 3.62. The highest BCUT2D eigenvalue weighted by molar-refractivity contribution is 5.94. The first-order valence-corrected chi connectivity index (χ1v) is 7.36. The van der Waals surface area contributed by atoms with E-state index in [0.29, 0.717) is 0 Å². The second kappa shape index (κ2) is 4.92. The van der Waals surface area contributed by atoms with Gasteiger partial charge in [-0.25, -0.2) is 0 Å². The monoisotopic (exact) mass is 286 g/mol. The molecular formula is C20H14O2. The van der Waals surface area contributed by atoms with Gasteiger partial charge in [0.05, 0.1) is 11.8 Å². The van der Waals surface area contributed by atoms with Gasteiger partial charge in [-0.2, -0.15) is 0 Å². The van der Waals surface area contributed by atoms with E-state index in [-0.39, 0.29) is 11.8 Å². The Bertz CT molecular complexity index is 895. The molecule has 0 spiro atoms. The quantitative estimate of drug-likeness (QED) is 0.671. The lowest BCUT2D eigenvalue weighted by atomic mass is 9.72. The molecule has 0 unspecified atom stereocenters. The number of aldehydes is 2.